The molecule has 5 heteroatoms. The first-order valence-electron chi connectivity index (χ1n) is 6.09. The van der Waals surface area contributed by atoms with E-state index >= 15 is 0 Å². The number of hydrogen-bond acceptors (Lipinski definition) is 4. The van der Waals surface area contributed by atoms with Crippen LogP contribution in [0, 0.1) is 0 Å². The minimum absolute atomic E-state index is 0.0264. The lowest BCUT2D eigenvalue weighted by Crippen LogP contribution is -2.16. The first kappa shape index (κ1) is 13.7. The van der Waals surface area contributed by atoms with Gasteiger partial charge in [0.1, 0.15) is 0 Å². The fraction of sp³-hybridized carbons (Fsp3) is 0.133. The van der Waals surface area contributed by atoms with Crippen molar-refractivity contribution in [3.05, 3.63) is 48.0 Å². The minimum Gasteiger partial charge on any atom is -0.504 e. The largest absolute Gasteiger partial charge is 0.504 e. The van der Waals surface area contributed by atoms with Gasteiger partial charge in [-0.25, -0.2) is 0 Å². The standard InChI is InChI=1S/C15H16N2O3/c1-17(2)12-8-4-3-7-11(12)16-15(20)10-6-5-9-13(18)14(10)19/h3-9,18-19H,1-2H3,(H,16,20). The molecular weight excluding hydrogens is 256 g/mol. The van der Waals surface area contributed by atoms with Gasteiger partial charge in [0.2, 0.25) is 0 Å². The molecule has 0 atom stereocenters. The van der Waals surface area contributed by atoms with E-state index in [-0.39, 0.29) is 11.3 Å². The third-order valence-corrected chi connectivity index (χ3v) is 2.89. The smallest absolute Gasteiger partial charge is 0.259 e. The molecule has 0 bridgehead atoms. The molecule has 0 saturated heterocycles. The van der Waals surface area contributed by atoms with Crippen LogP contribution in [0.4, 0.5) is 11.4 Å². The zero-order valence-electron chi connectivity index (χ0n) is 11.3. The first-order valence-corrected chi connectivity index (χ1v) is 6.09. The Hall–Kier alpha value is -2.69. The molecule has 0 aliphatic carbocycles. The SMILES string of the molecule is CN(C)c1ccccc1NC(=O)c1cccc(O)c1O. The molecule has 2 aromatic carbocycles. The first-order chi connectivity index (χ1) is 9.50. The van der Waals surface area contributed by atoms with E-state index < -0.39 is 11.7 Å². The molecule has 0 fully saturated rings. The molecule has 0 aliphatic heterocycles. The van der Waals surface area contributed by atoms with Gasteiger partial charge in [-0.3, -0.25) is 4.79 Å². The number of carbonyl (C=O) groups excluding carboxylic acids is 1. The molecule has 20 heavy (non-hydrogen) atoms. The van der Waals surface area contributed by atoms with Crippen LogP contribution in [-0.2, 0) is 0 Å². The zero-order chi connectivity index (χ0) is 14.7. The van der Waals surface area contributed by atoms with Crippen molar-refractivity contribution in [2.24, 2.45) is 0 Å². The number of nitrogens with one attached hydrogen (secondary N) is 1. The highest BCUT2D eigenvalue weighted by atomic mass is 16.3. The summed E-state index contributed by atoms with van der Waals surface area (Å²) in [5.74, 6) is -1.22. The van der Waals surface area contributed by atoms with E-state index in [1.807, 2.05) is 37.2 Å². The Morgan fingerprint density at radius 2 is 1.75 bits per heavy atom. The maximum absolute atomic E-state index is 12.2. The number of amides is 1. The van der Waals surface area contributed by atoms with E-state index in [1.54, 1.807) is 6.07 Å². The van der Waals surface area contributed by atoms with E-state index in [1.165, 1.54) is 18.2 Å². The maximum Gasteiger partial charge on any atom is 0.259 e. The third-order valence-electron chi connectivity index (χ3n) is 2.89. The minimum atomic E-state index is -0.479. The van der Waals surface area contributed by atoms with Crippen LogP contribution >= 0.6 is 0 Å². The lowest BCUT2D eigenvalue weighted by atomic mass is 10.1. The average molecular weight is 272 g/mol. The molecule has 0 spiro atoms. The molecule has 0 radical (unpaired) electrons. The number of nitrogens with zero attached hydrogens (tertiary/aromatic N) is 1. The van der Waals surface area contributed by atoms with Gasteiger partial charge >= 0.3 is 0 Å². The summed E-state index contributed by atoms with van der Waals surface area (Å²) in [5, 5.41) is 21.8. The van der Waals surface area contributed by atoms with Crippen molar-refractivity contribution < 1.29 is 15.0 Å². The van der Waals surface area contributed by atoms with Crippen LogP contribution in [0.3, 0.4) is 0 Å². The number of rotatable bonds is 3. The van der Waals surface area contributed by atoms with Crippen LogP contribution in [0.1, 0.15) is 10.4 Å². The fourth-order valence-electron chi connectivity index (χ4n) is 1.87. The molecule has 1 amide bonds. The Labute approximate surface area is 117 Å². The number of aromatic hydroxyl groups is 2. The van der Waals surface area contributed by atoms with Gasteiger partial charge in [0.05, 0.1) is 16.9 Å². The number of hydrogen-bond donors (Lipinski definition) is 3. The van der Waals surface area contributed by atoms with Gasteiger partial charge in [0.25, 0.3) is 5.91 Å². The highest BCUT2D eigenvalue weighted by molar-refractivity contribution is 6.08. The van der Waals surface area contributed by atoms with Gasteiger partial charge in [-0.2, -0.15) is 0 Å². The molecule has 2 aromatic rings. The van der Waals surface area contributed by atoms with E-state index in [4.69, 9.17) is 0 Å². The quantitative estimate of drug-likeness (QED) is 0.750. The van der Waals surface area contributed by atoms with Crippen LogP contribution in [0.25, 0.3) is 0 Å². The van der Waals surface area contributed by atoms with Gasteiger partial charge in [0.15, 0.2) is 11.5 Å². The lowest BCUT2D eigenvalue weighted by Gasteiger charge is -2.18. The second-order valence-electron chi connectivity index (χ2n) is 4.54. The maximum atomic E-state index is 12.2. The number of anilines is 2. The molecule has 0 aromatic heterocycles. The third kappa shape index (κ3) is 2.66. The van der Waals surface area contributed by atoms with Crippen molar-refractivity contribution in [3.8, 4) is 11.5 Å². The van der Waals surface area contributed by atoms with Crippen molar-refractivity contribution in [3.63, 3.8) is 0 Å². The van der Waals surface area contributed by atoms with E-state index in [0.717, 1.165) is 5.69 Å². The molecule has 0 saturated carbocycles. The predicted molar refractivity (Wildman–Crippen MR) is 78.5 cm³/mol. The average Bonchev–Trinajstić information content (AvgIpc) is 2.42. The van der Waals surface area contributed by atoms with Crippen molar-refractivity contribution >= 4 is 17.3 Å². The molecule has 3 N–H and O–H groups in total. The second-order valence-corrected chi connectivity index (χ2v) is 4.54. The zero-order valence-corrected chi connectivity index (χ0v) is 11.3. The van der Waals surface area contributed by atoms with Crippen molar-refractivity contribution in [1.29, 1.82) is 0 Å². The lowest BCUT2D eigenvalue weighted by molar-refractivity contribution is 0.102. The second kappa shape index (κ2) is 5.52. The monoisotopic (exact) mass is 272 g/mol. The number of benzene rings is 2. The Morgan fingerprint density at radius 1 is 1.05 bits per heavy atom. The Bertz CT molecular complexity index is 639. The summed E-state index contributed by atoms with van der Waals surface area (Å²) in [4.78, 5) is 14.0. The molecule has 0 unspecified atom stereocenters. The topological polar surface area (TPSA) is 72.8 Å². The van der Waals surface area contributed by atoms with Gasteiger partial charge in [-0.05, 0) is 24.3 Å². The highest BCUT2D eigenvalue weighted by Gasteiger charge is 2.15. The Morgan fingerprint density at radius 3 is 2.45 bits per heavy atom. The van der Waals surface area contributed by atoms with E-state index in [2.05, 4.69) is 5.32 Å². The number of phenols is 2. The van der Waals surface area contributed by atoms with E-state index in [9.17, 15) is 15.0 Å². The van der Waals surface area contributed by atoms with Gasteiger partial charge in [-0.1, -0.05) is 18.2 Å². The summed E-state index contributed by atoms with van der Waals surface area (Å²) in [6.45, 7) is 0. The molecule has 104 valence electrons. The summed E-state index contributed by atoms with van der Waals surface area (Å²) in [6.07, 6.45) is 0. The van der Waals surface area contributed by atoms with E-state index in [0.29, 0.717) is 5.69 Å². The summed E-state index contributed by atoms with van der Waals surface area (Å²) < 4.78 is 0. The highest BCUT2D eigenvalue weighted by Crippen LogP contribution is 2.30. The number of carbonyl (C=O) groups is 1. The number of phenolic OH excluding ortho intramolecular Hbond substituents is 2. The van der Waals surface area contributed by atoms with Crippen LogP contribution < -0.4 is 10.2 Å². The molecule has 0 heterocycles. The molecular formula is C15H16N2O3. The van der Waals surface area contributed by atoms with Crippen LogP contribution in [0.2, 0.25) is 0 Å². The van der Waals surface area contributed by atoms with Crippen molar-refractivity contribution in [2.45, 2.75) is 0 Å². The summed E-state index contributed by atoms with van der Waals surface area (Å²) in [7, 11) is 3.74. The normalized spacial score (nSPS) is 10.1. The van der Waals surface area contributed by atoms with Crippen molar-refractivity contribution in [1.82, 2.24) is 0 Å². The van der Waals surface area contributed by atoms with Crippen molar-refractivity contribution in [2.75, 3.05) is 24.3 Å². The Kier molecular flexibility index (Phi) is 3.79. The molecule has 0 aliphatic rings. The Balaban J connectivity index is 2.31. The predicted octanol–water partition coefficient (Wildman–Crippen LogP) is 2.42. The summed E-state index contributed by atoms with van der Waals surface area (Å²) in [5.41, 5.74) is 1.50. The summed E-state index contributed by atoms with van der Waals surface area (Å²) >= 11 is 0. The van der Waals surface area contributed by atoms with Crippen LogP contribution in [0.15, 0.2) is 42.5 Å². The van der Waals surface area contributed by atoms with Gasteiger partial charge in [-0.15, -0.1) is 0 Å². The molecule has 5 nitrogen and oxygen atoms in total. The van der Waals surface area contributed by atoms with Crippen LogP contribution in [0.5, 0.6) is 11.5 Å². The molecule has 2 rings (SSSR count). The van der Waals surface area contributed by atoms with Gasteiger partial charge in [0, 0.05) is 14.1 Å². The number of para-hydroxylation sites is 3. The van der Waals surface area contributed by atoms with Gasteiger partial charge < -0.3 is 20.4 Å². The fourth-order valence-corrected chi connectivity index (χ4v) is 1.87. The summed E-state index contributed by atoms with van der Waals surface area (Å²) in [6, 6.07) is 11.6. The van der Waals surface area contributed by atoms with Crippen LogP contribution in [-0.4, -0.2) is 30.2 Å².